The number of aliphatic hydroxyl groups excluding tert-OH is 1. The minimum absolute atomic E-state index is 0.0496. The second-order valence-electron chi connectivity index (χ2n) is 5.42. The van der Waals surface area contributed by atoms with Crippen LogP contribution < -0.4 is 0 Å². The number of hydrogen-bond acceptors (Lipinski definition) is 3. The van der Waals surface area contributed by atoms with Crippen molar-refractivity contribution in [3.63, 3.8) is 0 Å². The minimum atomic E-state index is -0.179. The lowest BCUT2D eigenvalue weighted by atomic mass is 10.1. The summed E-state index contributed by atoms with van der Waals surface area (Å²) in [5.41, 5.74) is 0. The van der Waals surface area contributed by atoms with Crippen LogP contribution in [0.4, 0.5) is 0 Å². The Labute approximate surface area is 126 Å². The molecule has 0 aromatic rings. The summed E-state index contributed by atoms with van der Waals surface area (Å²) in [7, 11) is 0. The van der Waals surface area contributed by atoms with Gasteiger partial charge in [-0.3, -0.25) is 0 Å². The summed E-state index contributed by atoms with van der Waals surface area (Å²) in [5.74, 6) is 0. The molecule has 114 valence electrons. The van der Waals surface area contributed by atoms with Gasteiger partial charge in [-0.15, -0.1) is 0 Å². The molecule has 1 aliphatic rings. The number of hydrogen-bond donors (Lipinski definition) is 1. The maximum absolute atomic E-state index is 8.98. The molecule has 0 radical (unpaired) electrons. The second-order valence-corrected chi connectivity index (χ2v) is 6.60. The first-order chi connectivity index (χ1) is 9.27. The van der Waals surface area contributed by atoms with Gasteiger partial charge in [0.05, 0.1) is 18.0 Å². The molecular weight excluding hydrogens is 308 g/mol. The zero-order chi connectivity index (χ0) is 13.9. The topological polar surface area (TPSA) is 38.7 Å². The van der Waals surface area contributed by atoms with Gasteiger partial charge in [0.25, 0.3) is 0 Å². The van der Waals surface area contributed by atoms with Crippen LogP contribution >= 0.6 is 15.9 Å². The van der Waals surface area contributed by atoms with Crippen molar-refractivity contribution in [2.75, 3.05) is 13.2 Å². The first-order valence-corrected chi connectivity index (χ1v) is 8.71. The van der Waals surface area contributed by atoms with Crippen LogP contribution in [-0.4, -0.2) is 35.5 Å². The van der Waals surface area contributed by atoms with E-state index in [4.69, 9.17) is 14.6 Å². The molecule has 0 unspecified atom stereocenters. The average molecular weight is 337 g/mol. The Kier molecular flexibility index (Phi) is 10.1. The lowest BCUT2D eigenvalue weighted by Gasteiger charge is -2.16. The van der Waals surface area contributed by atoms with Crippen LogP contribution in [0.5, 0.6) is 0 Å². The fraction of sp³-hybridized carbons (Fsp3) is 1.00. The Morgan fingerprint density at radius 3 is 2.32 bits per heavy atom. The monoisotopic (exact) mass is 336 g/mol. The molecule has 1 fully saturated rings. The van der Waals surface area contributed by atoms with Gasteiger partial charge in [0.2, 0.25) is 0 Å². The molecule has 1 saturated heterocycles. The SMILES string of the molecule is CCCCCCCCCC[C@H](Br)[C@H]1OC[C@@H](CO)O1. The molecular formula is C15H29BrO3. The molecule has 0 aromatic heterocycles. The van der Waals surface area contributed by atoms with Crippen LogP contribution in [0.3, 0.4) is 0 Å². The quantitative estimate of drug-likeness (QED) is 0.457. The molecule has 4 heteroatoms. The van der Waals surface area contributed by atoms with Crippen molar-refractivity contribution < 1.29 is 14.6 Å². The van der Waals surface area contributed by atoms with Crippen molar-refractivity contribution in [3.05, 3.63) is 0 Å². The third-order valence-corrected chi connectivity index (χ3v) is 4.49. The van der Waals surface area contributed by atoms with Crippen molar-refractivity contribution in [2.45, 2.75) is 81.9 Å². The summed E-state index contributed by atoms with van der Waals surface area (Å²) < 4.78 is 11.1. The van der Waals surface area contributed by atoms with Gasteiger partial charge in [-0.25, -0.2) is 0 Å². The average Bonchev–Trinajstić information content (AvgIpc) is 2.90. The van der Waals surface area contributed by atoms with E-state index in [1.165, 1.54) is 51.4 Å². The zero-order valence-corrected chi connectivity index (χ0v) is 13.7. The number of alkyl halides is 1. The molecule has 0 aromatic carbocycles. The van der Waals surface area contributed by atoms with Gasteiger partial charge in [-0.2, -0.15) is 0 Å². The summed E-state index contributed by atoms with van der Waals surface area (Å²) in [6.45, 7) is 2.82. The molecule has 1 heterocycles. The Hall–Kier alpha value is 0.360. The van der Waals surface area contributed by atoms with E-state index >= 15 is 0 Å². The van der Waals surface area contributed by atoms with Crippen molar-refractivity contribution in [2.24, 2.45) is 0 Å². The number of halogens is 1. The van der Waals surface area contributed by atoms with Crippen LogP contribution in [-0.2, 0) is 9.47 Å². The van der Waals surface area contributed by atoms with Crippen LogP contribution in [0.15, 0.2) is 0 Å². The smallest absolute Gasteiger partial charge is 0.170 e. The minimum Gasteiger partial charge on any atom is -0.394 e. The highest BCUT2D eigenvalue weighted by Gasteiger charge is 2.30. The predicted molar refractivity (Wildman–Crippen MR) is 81.6 cm³/mol. The first-order valence-electron chi connectivity index (χ1n) is 7.80. The molecule has 1 aliphatic heterocycles. The molecule has 3 atom stereocenters. The molecule has 1 rings (SSSR count). The highest BCUT2D eigenvalue weighted by molar-refractivity contribution is 9.09. The van der Waals surface area contributed by atoms with E-state index in [0.717, 1.165) is 6.42 Å². The number of aliphatic hydroxyl groups is 1. The molecule has 3 nitrogen and oxygen atoms in total. The van der Waals surface area contributed by atoms with Gasteiger partial charge in [0, 0.05) is 0 Å². The molecule has 0 saturated carbocycles. The highest BCUT2D eigenvalue weighted by Crippen LogP contribution is 2.24. The maximum Gasteiger partial charge on any atom is 0.170 e. The van der Waals surface area contributed by atoms with Crippen LogP contribution in [0, 0.1) is 0 Å². The summed E-state index contributed by atoms with van der Waals surface area (Å²) in [4.78, 5) is 0.254. The summed E-state index contributed by atoms with van der Waals surface area (Å²) in [6, 6.07) is 0. The van der Waals surface area contributed by atoms with E-state index in [1.54, 1.807) is 0 Å². The molecule has 0 aliphatic carbocycles. The van der Waals surface area contributed by atoms with Crippen LogP contribution in [0.25, 0.3) is 0 Å². The van der Waals surface area contributed by atoms with Gasteiger partial charge in [-0.05, 0) is 6.42 Å². The largest absolute Gasteiger partial charge is 0.394 e. The van der Waals surface area contributed by atoms with Crippen molar-refractivity contribution in [1.29, 1.82) is 0 Å². The van der Waals surface area contributed by atoms with E-state index in [0.29, 0.717) is 6.61 Å². The Morgan fingerprint density at radius 1 is 1.11 bits per heavy atom. The third-order valence-electron chi connectivity index (χ3n) is 3.61. The Bertz CT molecular complexity index is 214. The van der Waals surface area contributed by atoms with Gasteiger partial charge in [0.15, 0.2) is 6.29 Å². The van der Waals surface area contributed by atoms with Gasteiger partial charge in [-0.1, -0.05) is 74.2 Å². The molecule has 0 amide bonds. The summed E-state index contributed by atoms with van der Waals surface area (Å²) in [6.07, 6.45) is 11.5. The van der Waals surface area contributed by atoms with Crippen LogP contribution in [0.2, 0.25) is 0 Å². The fourth-order valence-corrected chi connectivity index (χ4v) is 2.97. The predicted octanol–water partition coefficient (Wildman–Crippen LogP) is 4.01. The normalized spacial score (nSPS) is 24.8. The Morgan fingerprint density at radius 2 is 1.74 bits per heavy atom. The third kappa shape index (κ3) is 7.64. The van der Waals surface area contributed by atoms with Gasteiger partial charge < -0.3 is 14.6 Å². The van der Waals surface area contributed by atoms with E-state index in [9.17, 15) is 0 Å². The van der Waals surface area contributed by atoms with E-state index < -0.39 is 0 Å². The fourth-order valence-electron chi connectivity index (χ4n) is 2.37. The van der Waals surface area contributed by atoms with E-state index in [2.05, 4.69) is 22.9 Å². The van der Waals surface area contributed by atoms with Gasteiger partial charge >= 0.3 is 0 Å². The molecule has 1 N–H and O–H groups in total. The molecule has 0 spiro atoms. The highest BCUT2D eigenvalue weighted by atomic mass is 79.9. The molecule has 19 heavy (non-hydrogen) atoms. The summed E-state index contributed by atoms with van der Waals surface area (Å²) in [5, 5.41) is 8.98. The molecule has 0 bridgehead atoms. The van der Waals surface area contributed by atoms with E-state index in [1.807, 2.05) is 0 Å². The van der Waals surface area contributed by atoms with Crippen LogP contribution in [0.1, 0.15) is 64.7 Å². The second kappa shape index (κ2) is 11.1. The van der Waals surface area contributed by atoms with Crippen molar-refractivity contribution in [1.82, 2.24) is 0 Å². The lowest BCUT2D eigenvalue weighted by molar-refractivity contribution is -0.0646. The standard InChI is InChI=1S/C15H29BrO3/c1-2-3-4-5-6-7-8-9-10-14(16)15-18-12-13(11-17)19-15/h13-15,17H,2-12H2,1H3/t13-,14+,15+/m1/s1. The Balaban J connectivity index is 1.91. The maximum atomic E-state index is 8.98. The number of rotatable bonds is 11. The number of unbranched alkanes of at least 4 members (excludes halogenated alkanes) is 7. The summed E-state index contributed by atoms with van der Waals surface area (Å²) >= 11 is 3.63. The van der Waals surface area contributed by atoms with E-state index in [-0.39, 0.29) is 23.8 Å². The number of ether oxygens (including phenoxy) is 2. The zero-order valence-electron chi connectivity index (χ0n) is 12.2. The lowest BCUT2D eigenvalue weighted by Crippen LogP contribution is -2.23. The van der Waals surface area contributed by atoms with Gasteiger partial charge in [0.1, 0.15) is 6.10 Å². The van der Waals surface area contributed by atoms with Crippen molar-refractivity contribution in [3.8, 4) is 0 Å². The first kappa shape index (κ1) is 17.4. The van der Waals surface area contributed by atoms with Crippen molar-refractivity contribution >= 4 is 15.9 Å².